The molecule has 0 radical (unpaired) electrons. The van der Waals surface area contributed by atoms with Crippen molar-refractivity contribution in [3.63, 3.8) is 0 Å². The minimum absolute atomic E-state index is 0.0614. The number of hydrogen-bond acceptors (Lipinski definition) is 5. The molecule has 0 saturated carbocycles. The zero-order valence-electron chi connectivity index (χ0n) is 15.9. The van der Waals surface area contributed by atoms with Gasteiger partial charge < -0.3 is 10.2 Å². The number of rotatable bonds is 5. The molecule has 0 aliphatic carbocycles. The van der Waals surface area contributed by atoms with Crippen molar-refractivity contribution in [2.75, 3.05) is 18.0 Å². The minimum Gasteiger partial charge on any atom is -0.351 e. The monoisotopic (exact) mass is 371 g/mol. The molecular formula is C19H25N5O3. The standard InChI is InChI=1S/C19H25N5O3/c1-4-16-17(24(26)27)19(22(3)21-16)23-11-9-14(10-12-23)20-18(25)15-8-6-5-7-13(15)2/h5-8,14H,4,9-12H2,1-3H3,(H,20,25). The van der Waals surface area contributed by atoms with E-state index in [9.17, 15) is 14.9 Å². The third kappa shape index (κ3) is 3.79. The molecule has 0 atom stereocenters. The van der Waals surface area contributed by atoms with Crippen LogP contribution in [0.1, 0.15) is 41.4 Å². The summed E-state index contributed by atoms with van der Waals surface area (Å²) >= 11 is 0. The first-order valence-corrected chi connectivity index (χ1v) is 9.24. The third-order valence-corrected chi connectivity index (χ3v) is 5.10. The first-order valence-electron chi connectivity index (χ1n) is 9.24. The van der Waals surface area contributed by atoms with Gasteiger partial charge in [0.1, 0.15) is 5.69 Å². The number of piperidine rings is 1. The molecule has 27 heavy (non-hydrogen) atoms. The van der Waals surface area contributed by atoms with Crippen LogP contribution >= 0.6 is 0 Å². The lowest BCUT2D eigenvalue weighted by Crippen LogP contribution is -2.45. The summed E-state index contributed by atoms with van der Waals surface area (Å²) in [4.78, 5) is 25.7. The van der Waals surface area contributed by atoms with E-state index in [1.54, 1.807) is 11.7 Å². The van der Waals surface area contributed by atoms with Crippen LogP contribution in [-0.4, -0.2) is 39.7 Å². The van der Waals surface area contributed by atoms with E-state index in [-0.39, 0.29) is 22.6 Å². The number of carbonyl (C=O) groups excluding carboxylic acids is 1. The maximum atomic E-state index is 12.5. The van der Waals surface area contributed by atoms with Gasteiger partial charge in [0.2, 0.25) is 5.82 Å². The van der Waals surface area contributed by atoms with E-state index in [4.69, 9.17) is 0 Å². The molecule has 3 rings (SSSR count). The first kappa shape index (κ1) is 18.9. The quantitative estimate of drug-likeness (QED) is 0.644. The average Bonchev–Trinajstić information content (AvgIpc) is 2.99. The Kier molecular flexibility index (Phi) is 5.43. The van der Waals surface area contributed by atoms with Gasteiger partial charge in [-0.1, -0.05) is 25.1 Å². The van der Waals surface area contributed by atoms with Gasteiger partial charge in [-0.15, -0.1) is 0 Å². The van der Waals surface area contributed by atoms with E-state index in [1.165, 1.54) is 0 Å². The summed E-state index contributed by atoms with van der Waals surface area (Å²) in [6.45, 7) is 5.07. The summed E-state index contributed by atoms with van der Waals surface area (Å²) in [5.74, 6) is 0.492. The fourth-order valence-corrected chi connectivity index (χ4v) is 3.66. The van der Waals surface area contributed by atoms with Crippen molar-refractivity contribution in [1.82, 2.24) is 15.1 Å². The number of aryl methyl sites for hydroxylation is 3. The topological polar surface area (TPSA) is 93.3 Å². The van der Waals surface area contributed by atoms with Crippen LogP contribution in [-0.2, 0) is 13.5 Å². The van der Waals surface area contributed by atoms with Gasteiger partial charge in [0, 0.05) is 31.7 Å². The summed E-state index contributed by atoms with van der Waals surface area (Å²) in [7, 11) is 1.74. The Bertz CT molecular complexity index is 853. The number of benzene rings is 1. The molecule has 2 heterocycles. The summed E-state index contributed by atoms with van der Waals surface area (Å²) < 4.78 is 1.60. The van der Waals surface area contributed by atoms with E-state index >= 15 is 0 Å². The Morgan fingerprint density at radius 3 is 2.59 bits per heavy atom. The fourth-order valence-electron chi connectivity index (χ4n) is 3.66. The first-order chi connectivity index (χ1) is 12.9. The molecule has 1 aliphatic rings. The number of nitrogens with one attached hydrogen (secondary N) is 1. The zero-order chi connectivity index (χ0) is 19.6. The van der Waals surface area contributed by atoms with E-state index in [0.717, 1.165) is 18.4 Å². The smallest absolute Gasteiger partial charge is 0.334 e. The largest absolute Gasteiger partial charge is 0.351 e. The predicted octanol–water partition coefficient (Wildman–Crippen LogP) is 2.60. The lowest BCUT2D eigenvalue weighted by Gasteiger charge is -2.33. The Balaban J connectivity index is 1.68. The number of nitrogens with zero attached hydrogens (tertiary/aromatic N) is 4. The van der Waals surface area contributed by atoms with Crippen molar-refractivity contribution < 1.29 is 9.72 Å². The molecule has 8 heteroatoms. The van der Waals surface area contributed by atoms with Gasteiger partial charge in [0.25, 0.3) is 5.91 Å². The van der Waals surface area contributed by atoms with Crippen molar-refractivity contribution in [2.45, 2.75) is 39.2 Å². The van der Waals surface area contributed by atoms with E-state index in [2.05, 4.69) is 10.4 Å². The van der Waals surface area contributed by atoms with Crippen LogP contribution in [0.5, 0.6) is 0 Å². The van der Waals surface area contributed by atoms with Crippen molar-refractivity contribution in [3.8, 4) is 0 Å². The molecular weight excluding hydrogens is 346 g/mol. The second kappa shape index (κ2) is 7.77. The van der Waals surface area contributed by atoms with Gasteiger partial charge in [-0.2, -0.15) is 5.10 Å². The highest BCUT2D eigenvalue weighted by atomic mass is 16.6. The summed E-state index contributed by atoms with van der Waals surface area (Å²) in [5.41, 5.74) is 2.25. The number of anilines is 1. The lowest BCUT2D eigenvalue weighted by atomic mass is 10.0. The molecule has 1 amide bonds. The zero-order valence-corrected chi connectivity index (χ0v) is 15.9. The third-order valence-electron chi connectivity index (χ3n) is 5.10. The van der Waals surface area contributed by atoms with Crippen LogP contribution < -0.4 is 10.2 Å². The SMILES string of the molecule is CCc1nn(C)c(N2CCC(NC(=O)c3ccccc3C)CC2)c1[N+](=O)[O-]. The molecule has 1 aliphatic heterocycles. The molecule has 1 fully saturated rings. The number of amides is 1. The maximum absolute atomic E-state index is 12.5. The highest BCUT2D eigenvalue weighted by Gasteiger charge is 2.32. The molecule has 0 spiro atoms. The van der Waals surface area contributed by atoms with Crippen LogP contribution in [0, 0.1) is 17.0 Å². The maximum Gasteiger partial charge on any atom is 0.334 e. The summed E-state index contributed by atoms with van der Waals surface area (Å²) in [6, 6.07) is 7.58. The van der Waals surface area contributed by atoms with Crippen LogP contribution in [0.2, 0.25) is 0 Å². The van der Waals surface area contributed by atoms with Gasteiger partial charge in [0.05, 0.1) is 4.92 Å². The van der Waals surface area contributed by atoms with Gasteiger partial charge in [-0.05, 0) is 37.8 Å². The number of hydrogen-bond donors (Lipinski definition) is 1. The molecule has 144 valence electrons. The summed E-state index contributed by atoms with van der Waals surface area (Å²) in [5, 5.41) is 18.9. The van der Waals surface area contributed by atoms with E-state index in [0.29, 0.717) is 36.6 Å². The molecule has 1 aromatic carbocycles. The Labute approximate surface area is 158 Å². The Hall–Kier alpha value is -2.90. The molecule has 1 aromatic heterocycles. The molecule has 1 saturated heterocycles. The molecule has 2 aromatic rings. The van der Waals surface area contributed by atoms with Crippen LogP contribution in [0.3, 0.4) is 0 Å². The highest BCUT2D eigenvalue weighted by Crippen LogP contribution is 2.33. The number of aromatic nitrogens is 2. The normalized spacial score (nSPS) is 15.0. The summed E-state index contributed by atoms with van der Waals surface area (Å²) in [6.07, 6.45) is 2.00. The molecule has 8 nitrogen and oxygen atoms in total. The molecule has 1 N–H and O–H groups in total. The van der Waals surface area contributed by atoms with Crippen LogP contribution in [0.15, 0.2) is 24.3 Å². The number of carbonyl (C=O) groups is 1. The average molecular weight is 371 g/mol. The van der Waals surface area contributed by atoms with Gasteiger partial charge in [-0.3, -0.25) is 14.9 Å². The second-order valence-corrected chi connectivity index (χ2v) is 6.90. The van der Waals surface area contributed by atoms with E-state index < -0.39 is 0 Å². The Morgan fingerprint density at radius 2 is 2.00 bits per heavy atom. The van der Waals surface area contributed by atoms with Crippen LogP contribution in [0.25, 0.3) is 0 Å². The Morgan fingerprint density at radius 1 is 1.33 bits per heavy atom. The highest BCUT2D eigenvalue weighted by molar-refractivity contribution is 5.95. The van der Waals surface area contributed by atoms with Crippen molar-refractivity contribution in [1.29, 1.82) is 0 Å². The molecule has 0 unspecified atom stereocenters. The number of nitro groups is 1. The van der Waals surface area contributed by atoms with Gasteiger partial charge >= 0.3 is 5.69 Å². The van der Waals surface area contributed by atoms with Crippen molar-refractivity contribution in [2.24, 2.45) is 7.05 Å². The van der Waals surface area contributed by atoms with Gasteiger partial charge in [-0.25, -0.2) is 4.68 Å². The van der Waals surface area contributed by atoms with Crippen molar-refractivity contribution >= 4 is 17.4 Å². The second-order valence-electron chi connectivity index (χ2n) is 6.90. The predicted molar refractivity (Wildman–Crippen MR) is 103 cm³/mol. The fraction of sp³-hybridized carbons (Fsp3) is 0.474. The van der Waals surface area contributed by atoms with Crippen LogP contribution in [0.4, 0.5) is 11.5 Å². The minimum atomic E-state index is -0.340. The molecule has 0 bridgehead atoms. The van der Waals surface area contributed by atoms with Crippen molar-refractivity contribution in [3.05, 3.63) is 51.2 Å². The lowest BCUT2D eigenvalue weighted by molar-refractivity contribution is -0.384. The van der Waals surface area contributed by atoms with E-state index in [1.807, 2.05) is 43.0 Å². The van der Waals surface area contributed by atoms with Gasteiger partial charge in [0.15, 0.2) is 0 Å².